The first-order valence-electron chi connectivity index (χ1n) is 5.56. The fourth-order valence-corrected chi connectivity index (χ4v) is 2.55. The van der Waals surface area contributed by atoms with Gasteiger partial charge in [0, 0.05) is 17.7 Å². The van der Waals surface area contributed by atoms with Crippen molar-refractivity contribution in [2.45, 2.75) is 50.7 Å². The molecule has 15 heavy (non-hydrogen) atoms. The summed E-state index contributed by atoms with van der Waals surface area (Å²) < 4.78 is 5.64. The van der Waals surface area contributed by atoms with Crippen molar-refractivity contribution in [3.8, 4) is 0 Å². The zero-order valence-corrected chi connectivity index (χ0v) is 10.6. The summed E-state index contributed by atoms with van der Waals surface area (Å²) in [5, 5.41) is 0.597. The molecule has 1 heterocycles. The van der Waals surface area contributed by atoms with Crippen LogP contribution in [0.15, 0.2) is 16.5 Å². The first kappa shape index (κ1) is 12.7. The Labute approximate surface area is 96.6 Å². The largest absolute Gasteiger partial charge is 0.465 e. The van der Waals surface area contributed by atoms with Gasteiger partial charge in [-0.25, -0.2) is 0 Å². The monoisotopic (exact) mass is 227 g/mol. The van der Waals surface area contributed by atoms with E-state index in [1.54, 1.807) is 0 Å². The lowest BCUT2D eigenvalue weighted by atomic mass is 10.2. The predicted molar refractivity (Wildman–Crippen MR) is 67.1 cm³/mol. The number of aryl methyl sites for hydroxylation is 1. The quantitative estimate of drug-likeness (QED) is 0.811. The minimum Gasteiger partial charge on any atom is -0.465 e. The van der Waals surface area contributed by atoms with Gasteiger partial charge < -0.3 is 10.2 Å². The highest BCUT2D eigenvalue weighted by Crippen LogP contribution is 2.22. The first-order chi connectivity index (χ1) is 7.11. The van der Waals surface area contributed by atoms with Gasteiger partial charge in [-0.1, -0.05) is 13.8 Å². The van der Waals surface area contributed by atoms with E-state index in [0.29, 0.717) is 5.25 Å². The van der Waals surface area contributed by atoms with Crippen LogP contribution >= 0.6 is 11.8 Å². The highest BCUT2D eigenvalue weighted by Gasteiger charge is 2.07. The van der Waals surface area contributed by atoms with Gasteiger partial charge in [0.1, 0.15) is 11.5 Å². The van der Waals surface area contributed by atoms with Gasteiger partial charge in [0.15, 0.2) is 0 Å². The second kappa shape index (κ2) is 6.23. The zero-order chi connectivity index (χ0) is 11.3. The Bertz CT molecular complexity index is 283. The maximum absolute atomic E-state index is 5.75. The Hall–Kier alpha value is -0.410. The van der Waals surface area contributed by atoms with Gasteiger partial charge in [0.05, 0.1) is 5.75 Å². The minimum atomic E-state index is 0.287. The van der Waals surface area contributed by atoms with Crippen LogP contribution in [-0.2, 0) is 12.2 Å². The van der Waals surface area contributed by atoms with Crippen LogP contribution in [-0.4, -0.2) is 11.3 Å². The van der Waals surface area contributed by atoms with Crippen LogP contribution in [0.4, 0.5) is 0 Å². The number of thioether (sulfide) groups is 1. The fourth-order valence-electron chi connectivity index (χ4n) is 1.51. The molecule has 2 unspecified atom stereocenters. The maximum Gasteiger partial charge on any atom is 0.114 e. The van der Waals surface area contributed by atoms with Crippen LogP contribution < -0.4 is 5.73 Å². The molecule has 2 N–H and O–H groups in total. The lowest BCUT2D eigenvalue weighted by Crippen LogP contribution is -2.19. The molecule has 0 spiro atoms. The summed E-state index contributed by atoms with van der Waals surface area (Å²) in [6.07, 6.45) is 2.03. The van der Waals surface area contributed by atoms with Crippen LogP contribution in [0, 0.1) is 0 Å². The summed E-state index contributed by atoms with van der Waals surface area (Å²) in [5.41, 5.74) is 5.75. The van der Waals surface area contributed by atoms with Gasteiger partial charge in [-0.2, -0.15) is 11.8 Å². The third-order valence-electron chi connectivity index (χ3n) is 2.28. The molecule has 0 radical (unpaired) electrons. The Morgan fingerprint density at radius 1 is 1.33 bits per heavy atom. The molecule has 0 bridgehead atoms. The number of hydrogen-bond donors (Lipinski definition) is 1. The lowest BCUT2D eigenvalue weighted by Gasteiger charge is -2.12. The smallest absolute Gasteiger partial charge is 0.114 e. The lowest BCUT2D eigenvalue weighted by molar-refractivity contribution is 0.485. The topological polar surface area (TPSA) is 39.2 Å². The predicted octanol–water partition coefficient (Wildman–Crippen LogP) is 3.20. The fraction of sp³-hybridized carbons (Fsp3) is 0.667. The molecule has 0 aliphatic rings. The second-order valence-corrected chi connectivity index (χ2v) is 5.48. The van der Waals surface area contributed by atoms with Gasteiger partial charge in [0.2, 0.25) is 0 Å². The minimum absolute atomic E-state index is 0.287. The summed E-state index contributed by atoms with van der Waals surface area (Å²) in [4.78, 5) is 0. The molecule has 0 aliphatic heterocycles. The number of furan rings is 1. The van der Waals surface area contributed by atoms with E-state index >= 15 is 0 Å². The van der Waals surface area contributed by atoms with Gasteiger partial charge in [-0.3, -0.25) is 0 Å². The van der Waals surface area contributed by atoms with Crippen molar-refractivity contribution in [2.24, 2.45) is 5.73 Å². The van der Waals surface area contributed by atoms with Crippen molar-refractivity contribution < 1.29 is 4.42 Å². The van der Waals surface area contributed by atoms with E-state index < -0.39 is 0 Å². The molecule has 0 fully saturated rings. The standard InChI is InChI=1S/C12H21NOS/c1-4-11-5-6-12(14-11)8-15-10(3)7-9(2)13/h5-6,9-10H,4,7-8,13H2,1-3H3. The van der Waals surface area contributed by atoms with Crippen molar-refractivity contribution in [1.82, 2.24) is 0 Å². The molecule has 0 saturated carbocycles. The van der Waals surface area contributed by atoms with E-state index in [1.165, 1.54) is 0 Å². The average molecular weight is 227 g/mol. The van der Waals surface area contributed by atoms with E-state index in [1.807, 2.05) is 11.8 Å². The van der Waals surface area contributed by atoms with Crippen LogP contribution in [0.5, 0.6) is 0 Å². The Kier molecular flexibility index (Phi) is 5.26. The normalized spacial score (nSPS) is 15.2. The SMILES string of the molecule is CCc1ccc(CSC(C)CC(C)N)o1. The summed E-state index contributed by atoms with van der Waals surface area (Å²) in [7, 11) is 0. The molecule has 0 saturated heterocycles. The van der Waals surface area contributed by atoms with Crippen LogP contribution in [0.3, 0.4) is 0 Å². The van der Waals surface area contributed by atoms with Crippen LogP contribution in [0.1, 0.15) is 38.7 Å². The summed E-state index contributed by atoms with van der Waals surface area (Å²) in [6, 6.07) is 4.42. The van der Waals surface area contributed by atoms with E-state index in [2.05, 4.69) is 32.9 Å². The molecular formula is C12H21NOS. The van der Waals surface area contributed by atoms with Crippen molar-refractivity contribution >= 4 is 11.8 Å². The van der Waals surface area contributed by atoms with Crippen molar-refractivity contribution in [1.29, 1.82) is 0 Å². The van der Waals surface area contributed by atoms with E-state index in [9.17, 15) is 0 Å². The molecule has 2 nitrogen and oxygen atoms in total. The number of hydrogen-bond acceptors (Lipinski definition) is 3. The third kappa shape index (κ3) is 4.76. The molecular weight excluding hydrogens is 206 g/mol. The average Bonchev–Trinajstić information content (AvgIpc) is 2.61. The van der Waals surface area contributed by atoms with E-state index in [4.69, 9.17) is 10.2 Å². The van der Waals surface area contributed by atoms with Gasteiger partial charge >= 0.3 is 0 Å². The van der Waals surface area contributed by atoms with E-state index in [-0.39, 0.29) is 6.04 Å². The van der Waals surface area contributed by atoms with Crippen LogP contribution in [0.25, 0.3) is 0 Å². The first-order valence-corrected chi connectivity index (χ1v) is 6.61. The maximum atomic E-state index is 5.75. The molecule has 1 rings (SSSR count). The second-order valence-electron chi connectivity index (χ2n) is 4.06. The highest BCUT2D eigenvalue weighted by molar-refractivity contribution is 7.99. The Morgan fingerprint density at radius 3 is 2.53 bits per heavy atom. The molecule has 3 heteroatoms. The van der Waals surface area contributed by atoms with Crippen molar-refractivity contribution in [3.63, 3.8) is 0 Å². The summed E-state index contributed by atoms with van der Waals surface area (Å²) in [6.45, 7) is 6.38. The molecule has 1 aromatic rings. The molecule has 0 aliphatic carbocycles. The van der Waals surface area contributed by atoms with Crippen molar-refractivity contribution in [2.75, 3.05) is 0 Å². The molecule has 0 amide bonds. The van der Waals surface area contributed by atoms with Crippen LogP contribution in [0.2, 0.25) is 0 Å². The van der Waals surface area contributed by atoms with Crippen molar-refractivity contribution in [3.05, 3.63) is 23.7 Å². The third-order valence-corrected chi connectivity index (χ3v) is 3.49. The molecule has 86 valence electrons. The molecule has 2 atom stereocenters. The number of rotatable bonds is 6. The summed E-state index contributed by atoms with van der Waals surface area (Å²) in [5.74, 6) is 3.10. The highest BCUT2D eigenvalue weighted by atomic mass is 32.2. The van der Waals surface area contributed by atoms with Gasteiger partial charge in [-0.15, -0.1) is 0 Å². The number of nitrogens with two attached hydrogens (primary N) is 1. The Morgan fingerprint density at radius 2 is 2.00 bits per heavy atom. The van der Waals surface area contributed by atoms with Gasteiger partial charge in [-0.05, 0) is 25.5 Å². The molecule has 1 aromatic heterocycles. The summed E-state index contributed by atoms with van der Waals surface area (Å²) >= 11 is 1.91. The van der Waals surface area contributed by atoms with Gasteiger partial charge in [0.25, 0.3) is 0 Å². The molecule has 0 aromatic carbocycles. The van der Waals surface area contributed by atoms with E-state index in [0.717, 1.165) is 30.1 Å². The zero-order valence-electron chi connectivity index (χ0n) is 9.82. The Balaban J connectivity index is 2.30.